The summed E-state index contributed by atoms with van der Waals surface area (Å²) < 4.78 is 0. The number of aryl methyl sites for hydroxylation is 2. The van der Waals surface area contributed by atoms with E-state index in [0.717, 1.165) is 26.2 Å². The lowest BCUT2D eigenvalue weighted by atomic mass is 9.92. The van der Waals surface area contributed by atoms with Gasteiger partial charge in [0.15, 0.2) is 0 Å². The minimum Gasteiger partial charge on any atom is -0.314 e. The van der Waals surface area contributed by atoms with Crippen LogP contribution in [0.1, 0.15) is 28.3 Å². The van der Waals surface area contributed by atoms with Crippen LogP contribution in [-0.4, -0.2) is 31.1 Å². The molecule has 110 valence electrons. The topological polar surface area (TPSA) is 15.3 Å². The Kier molecular flexibility index (Phi) is 4.37. The van der Waals surface area contributed by atoms with Gasteiger partial charge in [-0.1, -0.05) is 54.1 Å². The highest BCUT2D eigenvalue weighted by molar-refractivity contribution is 5.38. The van der Waals surface area contributed by atoms with Crippen LogP contribution in [-0.2, 0) is 0 Å². The Hall–Kier alpha value is -1.64. The van der Waals surface area contributed by atoms with E-state index in [0.29, 0.717) is 6.04 Å². The summed E-state index contributed by atoms with van der Waals surface area (Å²) in [5, 5.41) is 3.46. The monoisotopic (exact) mass is 280 g/mol. The third-order valence-corrected chi connectivity index (χ3v) is 4.36. The summed E-state index contributed by atoms with van der Waals surface area (Å²) in [4.78, 5) is 2.60. The summed E-state index contributed by atoms with van der Waals surface area (Å²) in [6.45, 7) is 8.76. The molecule has 1 unspecified atom stereocenters. The highest BCUT2D eigenvalue weighted by Crippen LogP contribution is 2.31. The zero-order chi connectivity index (χ0) is 14.7. The molecule has 0 aliphatic carbocycles. The fourth-order valence-corrected chi connectivity index (χ4v) is 3.26. The molecule has 0 bridgehead atoms. The summed E-state index contributed by atoms with van der Waals surface area (Å²) in [5.74, 6) is 0. The van der Waals surface area contributed by atoms with E-state index in [1.54, 1.807) is 0 Å². The first-order valence-corrected chi connectivity index (χ1v) is 7.82. The molecule has 2 aromatic carbocycles. The van der Waals surface area contributed by atoms with Crippen molar-refractivity contribution in [3.63, 3.8) is 0 Å². The first-order chi connectivity index (χ1) is 10.3. The molecular weight excluding hydrogens is 256 g/mol. The van der Waals surface area contributed by atoms with Gasteiger partial charge in [-0.25, -0.2) is 0 Å². The first kappa shape index (κ1) is 14.3. The van der Waals surface area contributed by atoms with Crippen molar-refractivity contribution in [3.05, 3.63) is 70.8 Å². The van der Waals surface area contributed by atoms with Gasteiger partial charge in [0.05, 0.1) is 6.04 Å². The van der Waals surface area contributed by atoms with Crippen LogP contribution in [0.4, 0.5) is 0 Å². The maximum atomic E-state index is 3.46. The van der Waals surface area contributed by atoms with Crippen LogP contribution >= 0.6 is 0 Å². The largest absolute Gasteiger partial charge is 0.314 e. The maximum absolute atomic E-state index is 3.46. The molecule has 0 amide bonds. The van der Waals surface area contributed by atoms with Crippen LogP contribution in [0, 0.1) is 13.8 Å². The fourth-order valence-electron chi connectivity index (χ4n) is 3.26. The van der Waals surface area contributed by atoms with Crippen molar-refractivity contribution in [2.45, 2.75) is 19.9 Å². The van der Waals surface area contributed by atoms with Crippen molar-refractivity contribution < 1.29 is 0 Å². The van der Waals surface area contributed by atoms with E-state index in [1.165, 1.54) is 22.3 Å². The summed E-state index contributed by atoms with van der Waals surface area (Å²) >= 11 is 0. The van der Waals surface area contributed by atoms with Crippen LogP contribution in [0.5, 0.6) is 0 Å². The van der Waals surface area contributed by atoms with Gasteiger partial charge >= 0.3 is 0 Å². The fraction of sp³-hybridized carbons (Fsp3) is 0.368. The standard InChI is InChI=1S/C19H24N2/c1-15-6-5-8-17(14-15)19(21-12-10-20-11-13-21)18-9-4-3-7-16(18)2/h3-9,14,19-20H,10-13H2,1-2H3. The van der Waals surface area contributed by atoms with E-state index in [-0.39, 0.29) is 0 Å². The lowest BCUT2D eigenvalue weighted by Crippen LogP contribution is -2.45. The van der Waals surface area contributed by atoms with Gasteiger partial charge in [0.1, 0.15) is 0 Å². The third kappa shape index (κ3) is 3.17. The van der Waals surface area contributed by atoms with Crippen molar-refractivity contribution in [2.24, 2.45) is 0 Å². The van der Waals surface area contributed by atoms with Gasteiger partial charge in [0.2, 0.25) is 0 Å². The number of hydrogen-bond acceptors (Lipinski definition) is 2. The van der Waals surface area contributed by atoms with E-state index in [1.807, 2.05) is 0 Å². The lowest BCUT2D eigenvalue weighted by molar-refractivity contribution is 0.198. The molecule has 0 radical (unpaired) electrons. The van der Waals surface area contributed by atoms with E-state index in [4.69, 9.17) is 0 Å². The zero-order valence-electron chi connectivity index (χ0n) is 13.0. The van der Waals surface area contributed by atoms with E-state index < -0.39 is 0 Å². The molecule has 1 saturated heterocycles. The molecule has 1 fully saturated rings. The predicted octanol–water partition coefficient (Wildman–Crippen LogP) is 3.30. The lowest BCUT2D eigenvalue weighted by Gasteiger charge is -2.36. The van der Waals surface area contributed by atoms with Gasteiger partial charge in [0.25, 0.3) is 0 Å². The second-order valence-electron chi connectivity index (χ2n) is 5.96. The highest BCUT2D eigenvalue weighted by Gasteiger charge is 2.24. The molecule has 0 saturated carbocycles. The number of piperazine rings is 1. The van der Waals surface area contributed by atoms with Gasteiger partial charge < -0.3 is 5.32 Å². The molecule has 2 aromatic rings. The Labute approximate surface area is 127 Å². The number of hydrogen-bond donors (Lipinski definition) is 1. The number of nitrogens with one attached hydrogen (secondary N) is 1. The molecule has 1 aliphatic rings. The molecule has 21 heavy (non-hydrogen) atoms. The van der Waals surface area contributed by atoms with Crippen molar-refractivity contribution in [1.29, 1.82) is 0 Å². The SMILES string of the molecule is Cc1cccc(C(c2ccccc2C)N2CCNCC2)c1. The maximum Gasteiger partial charge on any atom is 0.0605 e. The average Bonchev–Trinajstić information content (AvgIpc) is 2.51. The van der Waals surface area contributed by atoms with E-state index in [2.05, 4.69) is 72.6 Å². The van der Waals surface area contributed by atoms with Crippen LogP contribution in [0.15, 0.2) is 48.5 Å². The van der Waals surface area contributed by atoms with Gasteiger partial charge in [-0.05, 0) is 30.5 Å². The molecule has 2 nitrogen and oxygen atoms in total. The van der Waals surface area contributed by atoms with Crippen molar-refractivity contribution in [3.8, 4) is 0 Å². The van der Waals surface area contributed by atoms with Crippen LogP contribution in [0.3, 0.4) is 0 Å². The summed E-state index contributed by atoms with van der Waals surface area (Å²) in [6.07, 6.45) is 0. The smallest absolute Gasteiger partial charge is 0.0605 e. The Bertz CT molecular complexity index is 600. The van der Waals surface area contributed by atoms with Gasteiger partial charge in [0, 0.05) is 26.2 Å². The van der Waals surface area contributed by atoms with Gasteiger partial charge in [-0.3, -0.25) is 4.90 Å². The normalized spacial score (nSPS) is 17.6. The summed E-state index contributed by atoms with van der Waals surface area (Å²) in [6, 6.07) is 18.1. The second kappa shape index (κ2) is 6.42. The molecule has 0 aromatic heterocycles. The quantitative estimate of drug-likeness (QED) is 0.928. The number of nitrogens with zero attached hydrogens (tertiary/aromatic N) is 1. The highest BCUT2D eigenvalue weighted by atomic mass is 15.2. The molecule has 3 rings (SSSR count). The Morgan fingerprint density at radius 2 is 1.71 bits per heavy atom. The number of benzene rings is 2. The minimum absolute atomic E-state index is 0.369. The minimum atomic E-state index is 0.369. The van der Waals surface area contributed by atoms with Crippen LogP contribution < -0.4 is 5.32 Å². The van der Waals surface area contributed by atoms with Gasteiger partial charge in [-0.2, -0.15) is 0 Å². The zero-order valence-corrected chi connectivity index (χ0v) is 13.0. The molecular formula is C19H24N2. The Morgan fingerprint density at radius 1 is 0.952 bits per heavy atom. The average molecular weight is 280 g/mol. The number of rotatable bonds is 3. The Morgan fingerprint density at radius 3 is 2.43 bits per heavy atom. The van der Waals surface area contributed by atoms with Crippen molar-refractivity contribution in [2.75, 3.05) is 26.2 Å². The van der Waals surface area contributed by atoms with Crippen molar-refractivity contribution in [1.82, 2.24) is 10.2 Å². The van der Waals surface area contributed by atoms with Crippen molar-refractivity contribution >= 4 is 0 Å². The second-order valence-corrected chi connectivity index (χ2v) is 5.96. The molecule has 0 spiro atoms. The molecule has 1 N–H and O–H groups in total. The summed E-state index contributed by atoms with van der Waals surface area (Å²) in [7, 11) is 0. The first-order valence-electron chi connectivity index (χ1n) is 7.82. The van der Waals surface area contributed by atoms with E-state index >= 15 is 0 Å². The summed E-state index contributed by atoms with van der Waals surface area (Å²) in [5.41, 5.74) is 5.56. The molecule has 1 atom stereocenters. The molecule has 1 aliphatic heterocycles. The van der Waals surface area contributed by atoms with Crippen LogP contribution in [0.25, 0.3) is 0 Å². The molecule has 1 heterocycles. The van der Waals surface area contributed by atoms with Crippen LogP contribution in [0.2, 0.25) is 0 Å². The Balaban J connectivity index is 2.04. The van der Waals surface area contributed by atoms with E-state index in [9.17, 15) is 0 Å². The predicted molar refractivity (Wildman–Crippen MR) is 88.6 cm³/mol. The molecule has 2 heteroatoms. The third-order valence-electron chi connectivity index (χ3n) is 4.36. The van der Waals surface area contributed by atoms with Gasteiger partial charge in [-0.15, -0.1) is 0 Å².